The first-order valence-electron chi connectivity index (χ1n) is 6.00. The van der Waals surface area contributed by atoms with Crippen LogP contribution in [0.2, 0.25) is 5.02 Å². The summed E-state index contributed by atoms with van der Waals surface area (Å²) in [5.41, 5.74) is 7.23. The largest absolute Gasteiger partial charge is 0.384 e. The van der Waals surface area contributed by atoms with Gasteiger partial charge < -0.3 is 10.3 Å². The third kappa shape index (κ3) is 2.62. The average Bonchev–Trinajstić information content (AvgIpc) is 2.91. The van der Waals surface area contributed by atoms with Crippen molar-refractivity contribution in [2.75, 3.05) is 5.73 Å². The Kier molecular flexibility index (Phi) is 3.35. The van der Waals surface area contributed by atoms with E-state index in [1.807, 2.05) is 24.3 Å². The summed E-state index contributed by atoms with van der Waals surface area (Å²) in [5, 5.41) is 4.64. The minimum atomic E-state index is 0.416. The molecular formula is C14H11ClN4O. The van der Waals surface area contributed by atoms with Crippen molar-refractivity contribution in [1.82, 2.24) is 15.1 Å². The first-order chi connectivity index (χ1) is 9.72. The zero-order valence-electron chi connectivity index (χ0n) is 10.5. The highest BCUT2D eigenvalue weighted by molar-refractivity contribution is 6.31. The van der Waals surface area contributed by atoms with Gasteiger partial charge in [0.05, 0.1) is 5.56 Å². The number of nitrogens with two attached hydrogens (primary N) is 1. The predicted molar refractivity (Wildman–Crippen MR) is 76.2 cm³/mol. The van der Waals surface area contributed by atoms with Gasteiger partial charge in [0.2, 0.25) is 0 Å². The number of halogens is 1. The number of hydrogen-bond donors (Lipinski definition) is 1. The monoisotopic (exact) mass is 286 g/mol. The van der Waals surface area contributed by atoms with Crippen LogP contribution in [0.25, 0.3) is 11.5 Å². The summed E-state index contributed by atoms with van der Waals surface area (Å²) in [6, 6.07) is 11.0. The lowest BCUT2D eigenvalue weighted by Gasteiger charge is -1.98. The van der Waals surface area contributed by atoms with E-state index in [1.165, 1.54) is 0 Å². The summed E-state index contributed by atoms with van der Waals surface area (Å²) in [4.78, 5) is 8.32. The summed E-state index contributed by atoms with van der Waals surface area (Å²) in [6.45, 7) is 0. The Hall–Kier alpha value is -2.40. The van der Waals surface area contributed by atoms with Crippen LogP contribution in [0.1, 0.15) is 11.4 Å². The highest BCUT2D eigenvalue weighted by Gasteiger charge is 2.10. The molecule has 0 bridgehead atoms. The summed E-state index contributed by atoms with van der Waals surface area (Å²) in [7, 11) is 0. The van der Waals surface area contributed by atoms with Crippen molar-refractivity contribution >= 4 is 17.4 Å². The van der Waals surface area contributed by atoms with Crippen LogP contribution in [0.4, 0.5) is 5.82 Å². The van der Waals surface area contributed by atoms with Gasteiger partial charge >= 0.3 is 0 Å². The molecule has 3 aromatic rings. The van der Waals surface area contributed by atoms with E-state index in [-0.39, 0.29) is 0 Å². The van der Waals surface area contributed by atoms with Gasteiger partial charge in [-0.15, -0.1) is 0 Å². The topological polar surface area (TPSA) is 77.8 Å². The predicted octanol–water partition coefficient (Wildman–Crippen LogP) is 2.96. The molecule has 0 spiro atoms. The van der Waals surface area contributed by atoms with Crippen molar-refractivity contribution < 1.29 is 4.52 Å². The summed E-state index contributed by atoms with van der Waals surface area (Å²) in [5.74, 6) is 1.44. The van der Waals surface area contributed by atoms with Gasteiger partial charge in [-0.25, -0.2) is 4.98 Å². The second kappa shape index (κ2) is 5.30. The molecule has 0 radical (unpaired) electrons. The molecule has 0 fully saturated rings. The van der Waals surface area contributed by atoms with Crippen LogP contribution in [0, 0.1) is 0 Å². The molecule has 0 aliphatic carbocycles. The van der Waals surface area contributed by atoms with Crippen LogP contribution >= 0.6 is 11.6 Å². The fourth-order valence-electron chi connectivity index (χ4n) is 1.79. The Morgan fingerprint density at radius 3 is 2.75 bits per heavy atom. The van der Waals surface area contributed by atoms with Gasteiger partial charge in [0.25, 0.3) is 5.89 Å². The van der Waals surface area contributed by atoms with Gasteiger partial charge in [0, 0.05) is 17.6 Å². The van der Waals surface area contributed by atoms with Crippen LogP contribution < -0.4 is 5.73 Å². The molecule has 100 valence electrons. The zero-order valence-corrected chi connectivity index (χ0v) is 11.2. The number of aromatic nitrogens is 3. The van der Waals surface area contributed by atoms with Crippen LogP contribution in [0.15, 0.2) is 47.1 Å². The Morgan fingerprint density at radius 2 is 2.00 bits per heavy atom. The van der Waals surface area contributed by atoms with E-state index < -0.39 is 0 Å². The van der Waals surface area contributed by atoms with Crippen molar-refractivity contribution in [1.29, 1.82) is 0 Å². The maximum Gasteiger partial charge on any atom is 0.259 e. The Labute approximate surface area is 120 Å². The van der Waals surface area contributed by atoms with E-state index in [1.54, 1.807) is 18.3 Å². The maximum atomic E-state index is 6.11. The van der Waals surface area contributed by atoms with Gasteiger partial charge in [-0.05, 0) is 23.8 Å². The number of nitrogens with zero attached hydrogens (tertiary/aromatic N) is 3. The normalized spacial score (nSPS) is 10.7. The first-order valence-corrected chi connectivity index (χ1v) is 6.38. The molecule has 0 amide bonds. The molecule has 3 rings (SSSR count). The highest BCUT2D eigenvalue weighted by atomic mass is 35.5. The minimum Gasteiger partial charge on any atom is -0.384 e. The highest BCUT2D eigenvalue weighted by Crippen LogP contribution is 2.20. The second-order valence-electron chi connectivity index (χ2n) is 4.26. The van der Waals surface area contributed by atoms with Gasteiger partial charge in [0.15, 0.2) is 5.82 Å². The maximum absolute atomic E-state index is 6.11. The fourth-order valence-corrected chi connectivity index (χ4v) is 1.99. The average molecular weight is 287 g/mol. The van der Waals surface area contributed by atoms with Gasteiger partial charge in [0.1, 0.15) is 5.82 Å². The summed E-state index contributed by atoms with van der Waals surface area (Å²) >= 11 is 6.11. The molecule has 6 heteroatoms. The molecule has 0 aliphatic rings. The molecule has 5 nitrogen and oxygen atoms in total. The SMILES string of the molecule is Nc1ccc(-c2nc(Cc3ccccc3Cl)no2)cn1. The lowest BCUT2D eigenvalue weighted by Crippen LogP contribution is -1.92. The smallest absolute Gasteiger partial charge is 0.259 e. The molecule has 0 unspecified atom stereocenters. The Morgan fingerprint density at radius 1 is 1.15 bits per heavy atom. The zero-order chi connectivity index (χ0) is 13.9. The van der Waals surface area contributed by atoms with Gasteiger partial charge in [-0.3, -0.25) is 0 Å². The molecule has 1 aromatic carbocycles. The van der Waals surface area contributed by atoms with Crippen molar-refractivity contribution in [3.05, 3.63) is 59.0 Å². The van der Waals surface area contributed by atoms with Crippen LogP contribution in [-0.2, 0) is 6.42 Å². The minimum absolute atomic E-state index is 0.416. The molecule has 20 heavy (non-hydrogen) atoms. The lowest BCUT2D eigenvalue weighted by molar-refractivity contribution is 0.424. The van der Waals surface area contributed by atoms with E-state index in [0.29, 0.717) is 29.0 Å². The van der Waals surface area contributed by atoms with Crippen LogP contribution in [0.5, 0.6) is 0 Å². The molecule has 2 heterocycles. The van der Waals surface area contributed by atoms with Crippen molar-refractivity contribution in [2.45, 2.75) is 6.42 Å². The number of anilines is 1. The van der Waals surface area contributed by atoms with Crippen molar-refractivity contribution in [2.24, 2.45) is 0 Å². The molecule has 0 saturated carbocycles. The van der Waals surface area contributed by atoms with Gasteiger partial charge in [-0.2, -0.15) is 4.98 Å². The number of pyridine rings is 1. The number of rotatable bonds is 3. The van der Waals surface area contributed by atoms with E-state index >= 15 is 0 Å². The van der Waals surface area contributed by atoms with E-state index in [4.69, 9.17) is 21.9 Å². The van der Waals surface area contributed by atoms with Gasteiger partial charge in [-0.1, -0.05) is 35.0 Å². The van der Waals surface area contributed by atoms with Crippen molar-refractivity contribution in [3.63, 3.8) is 0 Å². The quantitative estimate of drug-likeness (QED) is 0.801. The van der Waals surface area contributed by atoms with Crippen molar-refractivity contribution in [3.8, 4) is 11.5 Å². The number of hydrogen-bond acceptors (Lipinski definition) is 5. The molecule has 2 N–H and O–H groups in total. The first kappa shape index (κ1) is 12.6. The molecule has 2 aromatic heterocycles. The fraction of sp³-hybridized carbons (Fsp3) is 0.0714. The summed E-state index contributed by atoms with van der Waals surface area (Å²) in [6.07, 6.45) is 2.12. The third-order valence-corrected chi connectivity index (χ3v) is 3.18. The second-order valence-corrected chi connectivity index (χ2v) is 4.66. The molecule has 0 saturated heterocycles. The van der Waals surface area contributed by atoms with Crippen LogP contribution in [-0.4, -0.2) is 15.1 Å². The van der Waals surface area contributed by atoms with Crippen LogP contribution in [0.3, 0.4) is 0 Å². The Bertz CT molecular complexity index is 724. The summed E-state index contributed by atoms with van der Waals surface area (Å²) < 4.78 is 5.22. The number of benzene rings is 1. The van der Waals surface area contributed by atoms with E-state index in [9.17, 15) is 0 Å². The van der Waals surface area contributed by atoms with E-state index in [2.05, 4.69) is 15.1 Å². The standard InChI is InChI=1S/C14H11ClN4O/c15-11-4-2-1-3-9(11)7-13-18-14(20-19-13)10-5-6-12(16)17-8-10/h1-6,8H,7H2,(H2,16,17). The molecule has 0 aliphatic heterocycles. The lowest BCUT2D eigenvalue weighted by atomic mass is 10.1. The molecular weight excluding hydrogens is 276 g/mol. The Balaban J connectivity index is 1.84. The molecule has 0 atom stereocenters. The van der Waals surface area contributed by atoms with E-state index in [0.717, 1.165) is 11.1 Å². The third-order valence-electron chi connectivity index (χ3n) is 2.81. The number of nitrogen functional groups attached to an aromatic ring is 1.